The van der Waals surface area contributed by atoms with Gasteiger partial charge in [-0.15, -0.1) is 0 Å². The molecule has 0 bridgehead atoms. The number of hydrogen-bond donors (Lipinski definition) is 2. The van der Waals surface area contributed by atoms with Gasteiger partial charge in [0.05, 0.1) is 11.7 Å². The summed E-state index contributed by atoms with van der Waals surface area (Å²) in [4.78, 5) is 0. The van der Waals surface area contributed by atoms with Crippen LogP contribution >= 0.6 is 0 Å². The number of hydrogen-bond acceptors (Lipinski definition) is 2. The zero-order valence-electron chi connectivity index (χ0n) is 24.1. The van der Waals surface area contributed by atoms with Crippen LogP contribution in [0.15, 0.2) is 0 Å². The van der Waals surface area contributed by atoms with E-state index in [1.54, 1.807) is 0 Å². The minimum atomic E-state index is -0.391. The van der Waals surface area contributed by atoms with Crippen molar-refractivity contribution in [1.29, 1.82) is 0 Å². The Balaban J connectivity index is 1.25. The molecule has 5 aliphatic rings. The summed E-state index contributed by atoms with van der Waals surface area (Å²) < 4.78 is 0. The second-order valence-corrected chi connectivity index (χ2v) is 15.9. The molecule has 2 N–H and O–H groups in total. The minimum Gasteiger partial charge on any atom is -0.393 e. The minimum absolute atomic E-state index is 0.113. The molecule has 5 fully saturated rings. The van der Waals surface area contributed by atoms with Crippen molar-refractivity contribution >= 4 is 0 Å². The van der Waals surface area contributed by atoms with Crippen LogP contribution in [0.3, 0.4) is 0 Å². The van der Waals surface area contributed by atoms with Gasteiger partial charge in [0.1, 0.15) is 0 Å². The standard InChI is InChI=1S/C33H58O2/c1-7-33(35)19-18-31(5)24(21-33)8-9-25-27-11-10-26(32(27,6)17-14-28(25)31)22(2)29(34)20-23-12-15-30(3,4)16-13-23/h22-29,34-35H,7-21H2,1-6H3/t22-,24-,25-,26+,27-,28-,29-,31-,32+,33-/m0/s1. The lowest BCUT2D eigenvalue weighted by Gasteiger charge is -2.62. The van der Waals surface area contributed by atoms with Crippen molar-refractivity contribution < 1.29 is 10.2 Å². The average Bonchev–Trinajstić information content (AvgIpc) is 3.17. The Morgan fingerprint density at radius 2 is 1.46 bits per heavy atom. The first-order valence-electron chi connectivity index (χ1n) is 15.8. The fourth-order valence-electron chi connectivity index (χ4n) is 11.1. The summed E-state index contributed by atoms with van der Waals surface area (Å²) >= 11 is 0. The summed E-state index contributed by atoms with van der Waals surface area (Å²) in [7, 11) is 0. The zero-order valence-corrected chi connectivity index (χ0v) is 24.1. The van der Waals surface area contributed by atoms with Gasteiger partial charge >= 0.3 is 0 Å². The highest BCUT2D eigenvalue weighted by Crippen LogP contribution is 2.69. The van der Waals surface area contributed by atoms with Gasteiger partial charge in [0.2, 0.25) is 0 Å². The largest absolute Gasteiger partial charge is 0.393 e. The van der Waals surface area contributed by atoms with Crippen molar-refractivity contribution in [2.75, 3.05) is 0 Å². The monoisotopic (exact) mass is 486 g/mol. The molecule has 0 aromatic carbocycles. The van der Waals surface area contributed by atoms with Gasteiger partial charge in [0, 0.05) is 0 Å². The van der Waals surface area contributed by atoms with Crippen LogP contribution in [0.25, 0.3) is 0 Å². The van der Waals surface area contributed by atoms with Crippen molar-refractivity contribution in [3.63, 3.8) is 0 Å². The molecule has 0 aromatic heterocycles. The first kappa shape index (κ1) is 26.5. The lowest BCUT2D eigenvalue weighted by atomic mass is 9.43. The van der Waals surface area contributed by atoms with Crippen molar-refractivity contribution in [3.8, 4) is 0 Å². The van der Waals surface area contributed by atoms with Crippen molar-refractivity contribution in [2.45, 2.75) is 150 Å². The molecule has 0 aliphatic heterocycles. The molecule has 0 amide bonds. The predicted molar refractivity (Wildman–Crippen MR) is 146 cm³/mol. The lowest BCUT2D eigenvalue weighted by Crippen LogP contribution is -2.56. The first-order valence-corrected chi connectivity index (χ1v) is 15.8. The molecule has 0 radical (unpaired) electrons. The molecule has 202 valence electrons. The van der Waals surface area contributed by atoms with Crippen molar-refractivity contribution in [3.05, 3.63) is 0 Å². The third kappa shape index (κ3) is 4.57. The van der Waals surface area contributed by atoms with Gasteiger partial charge in [0.15, 0.2) is 0 Å². The Bertz CT molecular complexity index is 750. The fraction of sp³-hybridized carbons (Fsp3) is 1.00. The number of aliphatic hydroxyl groups is 2. The molecule has 0 spiro atoms. The van der Waals surface area contributed by atoms with Crippen molar-refractivity contribution in [2.24, 2.45) is 57.7 Å². The Morgan fingerprint density at radius 3 is 2.14 bits per heavy atom. The maximum Gasteiger partial charge on any atom is 0.0648 e. The van der Waals surface area contributed by atoms with Crippen LogP contribution in [-0.4, -0.2) is 21.9 Å². The molecule has 0 heterocycles. The molecular formula is C33H58O2. The van der Waals surface area contributed by atoms with E-state index in [1.165, 1.54) is 70.6 Å². The van der Waals surface area contributed by atoms with Crippen LogP contribution in [0, 0.1) is 57.7 Å². The highest BCUT2D eigenvalue weighted by Gasteiger charge is 2.61. The topological polar surface area (TPSA) is 40.5 Å². The van der Waals surface area contributed by atoms with Gasteiger partial charge in [-0.3, -0.25) is 0 Å². The van der Waals surface area contributed by atoms with E-state index in [0.29, 0.717) is 28.1 Å². The van der Waals surface area contributed by atoms with Gasteiger partial charge in [-0.2, -0.15) is 0 Å². The van der Waals surface area contributed by atoms with Crippen molar-refractivity contribution in [1.82, 2.24) is 0 Å². The molecule has 5 aliphatic carbocycles. The van der Waals surface area contributed by atoms with E-state index in [0.717, 1.165) is 55.3 Å². The number of fused-ring (bicyclic) bond motifs is 5. The van der Waals surface area contributed by atoms with Crippen LogP contribution in [-0.2, 0) is 0 Å². The van der Waals surface area contributed by atoms with E-state index in [2.05, 4.69) is 41.5 Å². The summed E-state index contributed by atoms with van der Waals surface area (Å²) in [6.07, 6.45) is 18.7. The molecule has 0 unspecified atom stereocenters. The van der Waals surface area contributed by atoms with Gasteiger partial charge in [-0.1, -0.05) is 41.5 Å². The molecule has 5 rings (SSSR count). The number of rotatable bonds is 5. The van der Waals surface area contributed by atoms with E-state index in [4.69, 9.17) is 0 Å². The van der Waals surface area contributed by atoms with Crippen LogP contribution in [0.4, 0.5) is 0 Å². The first-order chi connectivity index (χ1) is 16.4. The van der Waals surface area contributed by atoms with E-state index in [1.807, 2.05) is 0 Å². The highest BCUT2D eigenvalue weighted by molar-refractivity contribution is 5.11. The Labute approximate surface area is 217 Å². The third-order valence-electron chi connectivity index (χ3n) is 13.8. The highest BCUT2D eigenvalue weighted by atomic mass is 16.3. The van der Waals surface area contributed by atoms with E-state index in [9.17, 15) is 10.2 Å². The summed E-state index contributed by atoms with van der Waals surface area (Å²) in [5.74, 6) is 5.22. The maximum atomic E-state index is 11.4. The smallest absolute Gasteiger partial charge is 0.0648 e. The Hall–Kier alpha value is -0.0800. The fourth-order valence-corrected chi connectivity index (χ4v) is 11.1. The van der Waals surface area contributed by atoms with Gasteiger partial charge in [-0.05, 0) is 154 Å². The third-order valence-corrected chi connectivity index (χ3v) is 13.8. The second kappa shape index (κ2) is 9.29. The average molecular weight is 487 g/mol. The Kier molecular flexibility index (Phi) is 7.04. The van der Waals surface area contributed by atoms with E-state index in [-0.39, 0.29) is 6.10 Å². The summed E-state index contributed by atoms with van der Waals surface area (Å²) in [5.41, 5.74) is 1.00. The number of aliphatic hydroxyl groups excluding tert-OH is 1. The second-order valence-electron chi connectivity index (χ2n) is 15.9. The molecule has 0 aromatic rings. The van der Waals surface area contributed by atoms with Gasteiger partial charge in [-0.25, -0.2) is 0 Å². The molecule has 0 saturated heterocycles. The quantitative estimate of drug-likeness (QED) is 0.409. The van der Waals surface area contributed by atoms with Crippen LogP contribution in [0.1, 0.15) is 138 Å². The molecular weight excluding hydrogens is 428 g/mol. The van der Waals surface area contributed by atoms with E-state index < -0.39 is 5.60 Å². The van der Waals surface area contributed by atoms with Crippen LogP contribution < -0.4 is 0 Å². The van der Waals surface area contributed by atoms with Gasteiger partial charge < -0.3 is 10.2 Å². The molecule has 2 nitrogen and oxygen atoms in total. The zero-order chi connectivity index (χ0) is 25.2. The van der Waals surface area contributed by atoms with Gasteiger partial charge in [0.25, 0.3) is 0 Å². The summed E-state index contributed by atoms with van der Waals surface area (Å²) in [5, 5.41) is 22.5. The normalized spacial score (nSPS) is 49.5. The summed E-state index contributed by atoms with van der Waals surface area (Å²) in [6.45, 7) is 14.7. The van der Waals surface area contributed by atoms with Crippen LogP contribution in [0.5, 0.6) is 0 Å². The Morgan fingerprint density at radius 1 is 0.771 bits per heavy atom. The van der Waals surface area contributed by atoms with Crippen LogP contribution in [0.2, 0.25) is 0 Å². The SMILES string of the molecule is CC[C@]1(O)CC[C@@]2(C)[C@@H](CC[C@@H]3[C@@H]2CC[C@]2(C)[C@@H]([C@H](C)[C@@H](O)CC4CCC(C)(C)CC4)CC[C@@H]32)C1. The predicted octanol–water partition coefficient (Wildman–Crippen LogP) is 8.39. The lowest BCUT2D eigenvalue weighted by molar-refractivity contribution is -0.154. The maximum absolute atomic E-state index is 11.4. The molecule has 35 heavy (non-hydrogen) atoms. The molecule has 5 saturated carbocycles. The molecule has 10 atom stereocenters. The molecule has 2 heteroatoms. The summed E-state index contributed by atoms with van der Waals surface area (Å²) in [6, 6.07) is 0. The van der Waals surface area contributed by atoms with E-state index >= 15 is 0 Å².